The van der Waals surface area contributed by atoms with Gasteiger partial charge in [0.05, 0.1) is 12.3 Å². The van der Waals surface area contributed by atoms with Crippen molar-refractivity contribution >= 4 is 17.4 Å². The molecule has 1 aromatic carbocycles. The van der Waals surface area contributed by atoms with E-state index in [-0.39, 0.29) is 23.7 Å². The molecule has 0 spiro atoms. The summed E-state index contributed by atoms with van der Waals surface area (Å²) in [5.41, 5.74) is 0.809. The SMILES string of the molecule is O=C(c1cc2n(n1)[C@H](C(F)(F)F)C[C@H](c1ccco1)N2)N1CCN(c2ccc(F)cc2)CC1. The van der Waals surface area contributed by atoms with Crippen molar-refractivity contribution in [2.75, 3.05) is 36.4 Å². The summed E-state index contributed by atoms with van der Waals surface area (Å²) >= 11 is 0. The van der Waals surface area contributed by atoms with Crippen LogP contribution in [-0.2, 0) is 0 Å². The highest BCUT2D eigenvalue weighted by atomic mass is 19.4. The first-order chi connectivity index (χ1) is 15.8. The highest BCUT2D eigenvalue weighted by molar-refractivity contribution is 5.93. The number of carbonyl (C=O) groups excluding carboxylic acids is 1. The monoisotopic (exact) mass is 463 g/mol. The van der Waals surface area contributed by atoms with E-state index in [0.29, 0.717) is 31.9 Å². The first-order valence-corrected chi connectivity index (χ1v) is 10.6. The smallest absolute Gasteiger partial charge is 0.410 e. The lowest BCUT2D eigenvalue weighted by Gasteiger charge is -2.35. The Balaban J connectivity index is 1.33. The molecule has 1 N–H and O–H groups in total. The van der Waals surface area contributed by atoms with Crippen LogP contribution in [0.15, 0.2) is 53.1 Å². The Bertz CT molecular complexity index is 1120. The highest BCUT2D eigenvalue weighted by Crippen LogP contribution is 2.43. The summed E-state index contributed by atoms with van der Waals surface area (Å²) in [6.45, 7) is 1.80. The molecule has 7 nitrogen and oxygen atoms in total. The van der Waals surface area contributed by atoms with Gasteiger partial charge in [-0.05, 0) is 36.4 Å². The van der Waals surface area contributed by atoms with Gasteiger partial charge in [-0.25, -0.2) is 9.07 Å². The van der Waals surface area contributed by atoms with Gasteiger partial charge in [0.15, 0.2) is 11.7 Å². The molecule has 4 heterocycles. The summed E-state index contributed by atoms with van der Waals surface area (Å²) in [4.78, 5) is 16.6. The third-order valence-corrected chi connectivity index (χ3v) is 6.05. The number of amides is 1. The molecule has 0 bridgehead atoms. The van der Waals surface area contributed by atoms with Crippen molar-refractivity contribution < 1.29 is 26.8 Å². The number of halogens is 4. The van der Waals surface area contributed by atoms with Crippen molar-refractivity contribution in [3.8, 4) is 0 Å². The van der Waals surface area contributed by atoms with Crippen LogP contribution >= 0.6 is 0 Å². The molecule has 1 amide bonds. The summed E-state index contributed by atoms with van der Waals surface area (Å²) in [7, 11) is 0. The van der Waals surface area contributed by atoms with Crippen LogP contribution in [0.5, 0.6) is 0 Å². The average molecular weight is 463 g/mol. The summed E-state index contributed by atoms with van der Waals surface area (Å²) in [5, 5.41) is 7.04. The summed E-state index contributed by atoms with van der Waals surface area (Å²) in [6, 6.07) is 8.14. The van der Waals surface area contributed by atoms with Gasteiger partial charge in [0.25, 0.3) is 5.91 Å². The Morgan fingerprint density at radius 3 is 2.45 bits per heavy atom. The quantitative estimate of drug-likeness (QED) is 0.589. The predicted octanol–water partition coefficient (Wildman–Crippen LogP) is 4.24. The minimum atomic E-state index is -4.53. The van der Waals surface area contributed by atoms with E-state index in [1.807, 2.05) is 4.90 Å². The zero-order valence-electron chi connectivity index (χ0n) is 17.4. The second-order valence-corrected chi connectivity index (χ2v) is 8.12. The molecule has 3 aromatic rings. The van der Waals surface area contributed by atoms with Crippen molar-refractivity contribution in [2.24, 2.45) is 0 Å². The van der Waals surface area contributed by atoms with Crippen LogP contribution in [0.1, 0.15) is 34.8 Å². The van der Waals surface area contributed by atoms with Crippen LogP contribution in [-0.4, -0.2) is 52.9 Å². The van der Waals surface area contributed by atoms with E-state index in [1.165, 1.54) is 24.5 Å². The topological polar surface area (TPSA) is 66.5 Å². The fourth-order valence-corrected chi connectivity index (χ4v) is 4.34. The molecule has 174 valence electrons. The Kier molecular flexibility index (Phi) is 5.26. The largest absolute Gasteiger partial charge is 0.467 e. The van der Waals surface area contributed by atoms with Crippen molar-refractivity contribution in [3.05, 3.63) is 66.0 Å². The van der Waals surface area contributed by atoms with Crippen molar-refractivity contribution in [1.82, 2.24) is 14.7 Å². The molecule has 2 aliphatic rings. The van der Waals surface area contributed by atoms with Gasteiger partial charge < -0.3 is 19.5 Å². The van der Waals surface area contributed by atoms with Crippen LogP contribution in [0.4, 0.5) is 29.1 Å². The molecule has 1 fully saturated rings. The predicted molar refractivity (Wildman–Crippen MR) is 112 cm³/mol. The molecule has 2 atom stereocenters. The molecule has 1 saturated heterocycles. The fourth-order valence-electron chi connectivity index (χ4n) is 4.34. The number of rotatable bonds is 3. The van der Waals surface area contributed by atoms with Gasteiger partial charge in [-0.3, -0.25) is 4.79 Å². The van der Waals surface area contributed by atoms with Crippen LogP contribution < -0.4 is 10.2 Å². The maximum absolute atomic E-state index is 13.8. The van der Waals surface area contributed by atoms with Crippen molar-refractivity contribution in [1.29, 1.82) is 0 Å². The normalized spacial score (nSPS) is 21.0. The molecule has 2 aliphatic heterocycles. The molecule has 2 aromatic heterocycles. The van der Waals surface area contributed by atoms with Gasteiger partial charge in [0, 0.05) is 44.4 Å². The standard InChI is InChI=1S/C22H21F4N5O2/c23-14-3-5-15(6-4-14)29-7-9-30(10-8-29)21(32)17-13-20-27-16(18-2-1-11-33-18)12-19(22(24,25)26)31(20)28-17/h1-6,11,13,16,19,27H,7-10,12H2/t16-,19+/m1/s1. The lowest BCUT2D eigenvalue weighted by Crippen LogP contribution is -2.49. The van der Waals surface area contributed by atoms with E-state index in [9.17, 15) is 22.4 Å². The van der Waals surface area contributed by atoms with Gasteiger partial charge in [0.1, 0.15) is 17.4 Å². The fraction of sp³-hybridized carbons (Fsp3) is 0.364. The molecule has 0 aliphatic carbocycles. The van der Waals surface area contributed by atoms with E-state index < -0.39 is 24.2 Å². The van der Waals surface area contributed by atoms with E-state index in [0.717, 1.165) is 10.4 Å². The first-order valence-electron chi connectivity index (χ1n) is 10.6. The number of carbonyl (C=O) groups is 1. The maximum Gasteiger partial charge on any atom is 0.410 e. The van der Waals surface area contributed by atoms with Gasteiger partial charge in [-0.2, -0.15) is 18.3 Å². The van der Waals surface area contributed by atoms with E-state index in [2.05, 4.69) is 10.4 Å². The maximum atomic E-state index is 13.8. The Morgan fingerprint density at radius 1 is 1.09 bits per heavy atom. The molecular weight excluding hydrogens is 442 g/mol. The molecule has 0 radical (unpaired) electrons. The molecule has 33 heavy (non-hydrogen) atoms. The lowest BCUT2D eigenvalue weighted by molar-refractivity contribution is -0.174. The Labute approximate surface area is 186 Å². The minimum Gasteiger partial charge on any atom is -0.467 e. The Hall–Kier alpha value is -3.50. The number of alkyl halides is 3. The Morgan fingerprint density at radius 2 is 1.82 bits per heavy atom. The van der Waals surface area contributed by atoms with Crippen molar-refractivity contribution in [3.63, 3.8) is 0 Å². The zero-order valence-corrected chi connectivity index (χ0v) is 17.4. The third-order valence-electron chi connectivity index (χ3n) is 6.05. The first kappa shape index (κ1) is 21.4. The van der Waals surface area contributed by atoms with Crippen LogP contribution in [0.25, 0.3) is 0 Å². The van der Waals surface area contributed by atoms with E-state index >= 15 is 0 Å². The van der Waals surface area contributed by atoms with E-state index in [1.54, 1.807) is 29.2 Å². The molecule has 11 heteroatoms. The number of fused-ring (bicyclic) bond motifs is 1. The second kappa shape index (κ2) is 8.13. The number of nitrogens with zero attached hydrogens (tertiary/aromatic N) is 4. The summed E-state index contributed by atoms with van der Waals surface area (Å²) < 4.78 is 60.6. The molecule has 5 rings (SSSR count). The van der Waals surface area contributed by atoms with Crippen LogP contribution in [0.3, 0.4) is 0 Å². The number of hydrogen-bond acceptors (Lipinski definition) is 5. The van der Waals surface area contributed by atoms with Gasteiger partial charge in [-0.1, -0.05) is 0 Å². The third kappa shape index (κ3) is 4.14. The highest BCUT2D eigenvalue weighted by Gasteiger charge is 2.47. The van der Waals surface area contributed by atoms with Gasteiger partial charge in [-0.15, -0.1) is 0 Å². The minimum absolute atomic E-state index is 0.0397. The van der Waals surface area contributed by atoms with Crippen LogP contribution in [0.2, 0.25) is 0 Å². The number of aromatic nitrogens is 2. The second-order valence-electron chi connectivity index (χ2n) is 8.12. The van der Waals surface area contributed by atoms with Gasteiger partial charge in [0.2, 0.25) is 0 Å². The van der Waals surface area contributed by atoms with Gasteiger partial charge >= 0.3 is 6.18 Å². The summed E-state index contributed by atoms with van der Waals surface area (Å²) in [5.74, 6) is -0.232. The average Bonchev–Trinajstić information content (AvgIpc) is 3.48. The molecule has 0 unspecified atom stereocenters. The molecular formula is C22H21F4N5O2. The number of hydrogen-bond donors (Lipinski definition) is 1. The van der Waals surface area contributed by atoms with Crippen LogP contribution in [0, 0.1) is 5.82 Å². The number of furan rings is 1. The number of anilines is 2. The number of nitrogens with one attached hydrogen (secondary N) is 1. The van der Waals surface area contributed by atoms with Crippen molar-refractivity contribution in [2.45, 2.75) is 24.7 Å². The van der Waals surface area contributed by atoms with E-state index in [4.69, 9.17) is 4.42 Å². The lowest BCUT2D eigenvalue weighted by atomic mass is 10.0. The number of benzene rings is 1. The number of piperazine rings is 1. The zero-order chi connectivity index (χ0) is 23.2. The molecule has 0 saturated carbocycles. The summed E-state index contributed by atoms with van der Waals surface area (Å²) in [6.07, 6.45) is -3.42.